The second kappa shape index (κ2) is 11.4. The van der Waals surface area contributed by atoms with Gasteiger partial charge in [-0.05, 0) is 23.1 Å². The maximum Gasteiger partial charge on any atom is 0.439 e. The summed E-state index contributed by atoms with van der Waals surface area (Å²) in [6.45, 7) is 8.17. The van der Waals surface area contributed by atoms with Gasteiger partial charge in [-0.15, -0.1) is 0 Å². The molecule has 0 atom stereocenters. The van der Waals surface area contributed by atoms with Crippen molar-refractivity contribution < 1.29 is 9.36 Å². The van der Waals surface area contributed by atoms with Crippen LogP contribution in [0.1, 0.15) is 50.9 Å². The van der Waals surface area contributed by atoms with E-state index in [1.165, 1.54) is 18.0 Å². The van der Waals surface area contributed by atoms with Crippen molar-refractivity contribution in [2.24, 2.45) is 5.41 Å². The van der Waals surface area contributed by atoms with E-state index in [2.05, 4.69) is 32.6 Å². The molecule has 212 valence electrons. The zero-order valence-corrected chi connectivity index (χ0v) is 23.8. The zero-order valence-electron chi connectivity index (χ0n) is 23.8. The number of allylic oxidation sites excluding steroid dienone is 1. The summed E-state index contributed by atoms with van der Waals surface area (Å²) in [6.07, 6.45) is 5.15. The van der Waals surface area contributed by atoms with Crippen LogP contribution in [0.5, 0.6) is 0 Å². The number of aromatic nitrogens is 6. The van der Waals surface area contributed by atoms with E-state index in [1.807, 2.05) is 69.3 Å². The Morgan fingerprint density at radius 1 is 1.10 bits per heavy atom. The first kappa shape index (κ1) is 27.8. The van der Waals surface area contributed by atoms with Crippen LogP contribution < -0.4 is 16.8 Å². The second-order valence-electron chi connectivity index (χ2n) is 10.8. The number of aryl methyl sites for hydroxylation is 1. The van der Waals surface area contributed by atoms with Gasteiger partial charge in [0, 0.05) is 29.2 Å². The van der Waals surface area contributed by atoms with E-state index in [4.69, 9.17) is 9.36 Å². The fourth-order valence-electron chi connectivity index (χ4n) is 4.77. The Bertz CT molecular complexity index is 1820. The largest absolute Gasteiger partial charge is 0.439 e. The molecule has 2 aromatic carbocycles. The molecule has 0 saturated carbocycles. The van der Waals surface area contributed by atoms with Gasteiger partial charge < -0.3 is 0 Å². The van der Waals surface area contributed by atoms with E-state index in [0.29, 0.717) is 30.0 Å². The first-order valence-electron chi connectivity index (χ1n) is 13.4. The molecule has 0 bridgehead atoms. The predicted octanol–water partition coefficient (Wildman–Crippen LogP) is 4.44. The molecule has 5 aromatic rings. The lowest BCUT2D eigenvalue weighted by molar-refractivity contribution is 0.101. The van der Waals surface area contributed by atoms with Crippen LogP contribution in [-0.4, -0.2) is 36.4 Å². The fourth-order valence-corrected chi connectivity index (χ4v) is 4.77. The molecule has 3 aromatic heterocycles. The van der Waals surface area contributed by atoms with E-state index in [-0.39, 0.29) is 11.0 Å². The van der Waals surface area contributed by atoms with Crippen molar-refractivity contribution in [3.05, 3.63) is 98.3 Å². The quantitative estimate of drug-likeness (QED) is 0.255. The number of hydrogen-bond acceptors (Lipinski definition) is 8. The highest BCUT2D eigenvalue weighted by Gasteiger charge is 2.22. The summed E-state index contributed by atoms with van der Waals surface area (Å²) in [5.41, 5.74) is 8.22. The van der Waals surface area contributed by atoms with Gasteiger partial charge in [0.15, 0.2) is 5.82 Å². The van der Waals surface area contributed by atoms with Crippen molar-refractivity contribution in [2.75, 3.05) is 7.11 Å². The number of nitrogens with one attached hydrogen (secondary N) is 2. The molecule has 2 N–H and O–H groups in total. The SMILES string of the molecule is CCCc1c(Cc2ccc(-c3ccccc3-c3noc(=O)[nH]3)cc2)c(=O)n(C=C(NOC)C(C)(C)C)c2ncnn12. The van der Waals surface area contributed by atoms with Gasteiger partial charge in [-0.25, -0.2) is 13.9 Å². The monoisotopic (exact) mass is 555 g/mol. The molecule has 0 aliphatic heterocycles. The van der Waals surface area contributed by atoms with Gasteiger partial charge >= 0.3 is 5.76 Å². The molecule has 11 heteroatoms. The minimum absolute atomic E-state index is 0.155. The molecule has 0 fully saturated rings. The van der Waals surface area contributed by atoms with Crippen LogP contribution in [0.15, 0.2) is 74.7 Å². The maximum absolute atomic E-state index is 14.1. The number of rotatable bonds is 9. The van der Waals surface area contributed by atoms with Gasteiger partial charge in [-0.2, -0.15) is 10.1 Å². The smallest absolute Gasteiger partial charge is 0.296 e. The molecule has 0 spiro atoms. The number of H-pyrrole nitrogens is 1. The summed E-state index contributed by atoms with van der Waals surface area (Å²) < 4.78 is 8.00. The van der Waals surface area contributed by atoms with Crippen molar-refractivity contribution in [1.29, 1.82) is 0 Å². The molecule has 3 heterocycles. The topological polar surface area (TPSA) is 132 Å². The Balaban J connectivity index is 1.58. The average molecular weight is 556 g/mol. The van der Waals surface area contributed by atoms with Crippen molar-refractivity contribution in [1.82, 2.24) is 34.8 Å². The van der Waals surface area contributed by atoms with Crippen LogP contribution in [-0.2, 0) is 17.7 Å². The van der Waals surface area contributed by atoms with Crippen LogP contribution >= 0.6 is 0 Å². The molecule has 0 aliphatic carbocycles. The lowest BCUT2D eigenvalue weighted by Gasteiger charge is -2.23. The van der Waals surface area contributed by atoms with E-state index >= 15 is 0 Å². The Morgan fingerprint density at radius 2 is 1.83 bits per heavy atom. The van der Waals surface area contributed by atoms with Crippen LogP contribution in [0.25, 0.3) is 34.5 Å². The molecule has 0 saturated heterocycles. The van der Waals surface area contributed by atoms with Gasteiger partial charge in [0.1, 0.15) is 6.33 Å². The van der Waals surface area contributed by atoms with E-state index in [1.54, 1.807) is 10.7 Å². The third kappa shape index (κ3) is 5.62. The summed E-state index contributed by atoms with van der Waals surface area (Å²) in [5.74, 6) is 0.205. The molecule has 0 unspecified atom stereocenters. The van der Waals surface area contributed by atoms with Gasteiger partial charge in [0.05, 0.1) is 18.5 Å². The summed E-state index contributed by atoms with van der Waals surface area (Å²) >= 11 is 0. The lowest BCUT2D eigenvalue weighted by Crippen LogP contribution is -2.30. The maximum atomic E-state index is 14.1. The molecular weight excluding hydrogens is 522 g/mol. The standard InChI is InChI=1S/C30H33N7O4/c1-6-9-24-23(27(38)36(28-31-18-32-37(24)28)17-25(34-40-5)30(2,3)4)16-19-12-14-20(15-13-19)21-10-7-8-11-22(21)26-33-29(39)41-35-26/h7-8,10-15,17-18,34H,6,9,16H2,1-5H3,(H,33,35,39). The molecule has 0 aliphatic rings. The van der Waals surface area contributed by atoms with E-state index in [0.717, 1.165) is 40.1 Å². The van der Waals surface area contributed by atoms with Crippen LogP contribution in [0.4, 0.5) is 0 Å². The highest BCUT2D eigenvalue weighted by Crippen LogP contribution is 2.30. The molecule has 0 radical (unpaired) electrons. The molecule has 5 rings (SSSR count). The summed E-state index contributed by atoms with van der Waals surface area (Å²) in [5, 5.41) is 8.32. The number of fused-ring (bicyclic) bond motifs is 1. The highest BCUT2D eigenvalue weighted by atomic mass is 16.6. The molecule has 11 nitrogen and oxygen atoms in total. The molecule has 41 heavy (non-hydrogen) atoms. The first-order valence-corrected chi connectivity index (χ1v) is 13.4. The van der Waals surface area contributed by atoms with Crippen molar-refractivity contribution in [3.8, 4) is 22.5 Å². The van der Waals surface area contributed by atoms with Gasteiger partial charge in [0.2, 0.25) is 5.78 Å². The van der Waals surface area contributed by atoms with Crippen molar-refractivity contribution >= 4 is 12.0 Å². The Hall–Kier alpha value is -4.77. The molecular formula is C30H33N7O4. The Morgan fingerprint density at radius 3 is 2.46 bits per heavy atom. The van der Waals surface area contributed by atoms with Gasteiger partial charge in [-0.3, -0.25) is 24.6 Å². The Kier molecular flexibility index (Phi) is 7.71. The third-order valence-electron chi connectivity index (χ3n) is 6.86. The zero-order chi connectivity index (χ0) is 29.1. The summed E-state index contributed by atoms with van der Waals surface area (Å²) in [6, 6.07) is 15.6. The first-order chi connectivity index (χ1) is 19.7. The van der Waals surface area contributed by atoms with Gasteiger partial charge in [-0.1, -0.05) is 87.8 Å². The highest BCUT2D eigenvalue weighted by molar-refractivity contribution is 5.80. The average Bonchev–Trinajstić information content (AvgIpc) is 3.61. The fraction of sp³-hybridized carbons (Fsp3) is 0.300. The third-order valence-corrected chi connectivity index (χ3v) is 6.86. The summed E-state index contributed by atoms with van der Waals surface area (Å²) in [7, 11) is 1.54. The van der Waals surface area contributed by atoms with E-state index < -0.39 is 5.76 Å². The van der Waals surface area contributed by atoms with Crippen LogP contribution in [0.3, 0.4) is 0 Å². The minimum Gasteiger partial charge on any atom is -0.296 e. The van der Waals surface area contributed by atoms with Crippen LogP contribution in [0.2, 0.25) is 0 Å². The number of hydrogen-bond donors (Lipinski definition) is 2. The number of benzene rings is 2. The summed E-state index contributed by atoms with van der Waals surface area (Å²) in [4.78, 5) is 37.8. The second-order valence-corrected chi connectivity index (χ2v) is 10.8. The Labute approximate surface area is 236 Å². The lowest BCUT2D eigenvalue weighted by atomic mass is 9.93. The minimum atomic E-state index is -0.606. The number of aromatic amines is 1. The predicted molar refractivity (Wildman–Crippen MR) is 156 cm³/mol. The van der Waals surface area contributed by atoms with E-state index in [9.17, 15) is 9.59 Å². The van der Waals surface area contributed by atoms with Crippen LogP contribution in [0, 0.1) is 5.41 Å². The van der Waals surface area contributed by atoms with Crippen molar-refractivity contribution in [3.63, 3.8) is 0 Å². The normalized spacial score (nSPS) is 12.3. The van der Waals surface area contributed by atoms with Gasteiger partial charge in [0.25, 0.3) is 5.56 Å². The number of nitrogens with zero attached hydrogens (tertiary/aromatic N) is 5. The van der Waals surface area contributed by atoms with Crippen molar-refractivity contribution in [2.45, 2.75) is 47.0 Å². The number of hydroxylamine groups is 1. The molecule has 0 amide bonds.